The predicted molar refractivity (Wildman–Crippen MR) is 78.7 cm³/mol. The van der Waals surface area contributed by atoms with Crippen molar-refractivity contribution in [2.24, 2.45) is 0 Å². The highest BCUT2D eigenvalue weighted by atomic mass is 35.5. The molecule has 1 aliphatic rings. The standard InChI is InChI=1S/C13H15ClN4O3/c1-17-4-5-18(13(21)12(17)20)7-11(19)16-10-6-8(15)2-3-9(10)14/h2-3,6H,4-5,7,15H2,1H3,(H,16,19). The lowest BCUT2D eigenvalue weighted by Crippen LogP contribution is -2.54. The highest BCUT2D eigenvalue weighted by molar-refractivity contribution is 6.36. The number of rotatable bonds is 3. The molecule has 1 saturated heterocycles. The summed E-state index contributed by atoms with van der Waals surface area (Å²) in [6.07, 6.45) is 0. The first-order valence-electron chi connectivity index (χ1n) is 6.27. The van der Waals surface area contributed by atoms with E-state index in [2.05, 4.69) is 5.32 Å². The van der Waals surface area contributed by atoms with E-state index in [9.17, 15) is 14.4 Å². The van der Waals surface area contributed by atoms with Gasteiger partial charge in [-0.1, -0.05) is 11.6 Å². The van der Waals surface area contributed by atoms with Crippen molar-refractivity contribution in [1.29, 1.82) is 0 Å². The molecule has 1 aromatic rings. The van der Waals surface area contributed by atoms with Gasteiger partial charge in [0.05, 0.1) is 10.7 Å². The summed E-state index contributed by atoms with van der Waals surface area (Å²) in [5, 5.41) is 2.92. The maximum Gasteiger partial charge on any atom is 0.312 e. The van der Waals surface area contributed by atoms with Gasteiger partial charge >= 0.3 is 11.8 Å². The molecule has 3 amide bonds. The number of carbonyl (C=O) groups excluding carboxylic acids is 3. The number of nitrogen functional groups attached to an aromatic ring is 1. The zero-order valence-electron chi connectivity index (χ0n) is 11.4. The Morgan fingerprint density at radius 2 is 2.05 bits per heavy atom. The summed E-state index contributed by atoms with van der Waals surface area (Å²) in [7, 11) is 1.55. The van der Waals surface area contributed by atoms with Crippen molar-refractivity contribution in [2.75, 3.05) is 37.7 Å². The summed E-state index contributed by atoms with van der Waals surface area (Å²) in [4.78, 5) is 37.8. The molecule has 0 aromatic heterocycles. The molecule has 3 N–H and O–H groups in total. The molecule has 112 valence electrons. The minimum atomic E-state index is -0.683. The molecule has 7 nitrogen and oxygen atoms in total. The van der Waals surface area contributed by atoms with Gasteiger partial charge in [0.1, 0.15) is 6.54 Å². The van der Waals surface area contributed by atoms with Crippen molar-refractivity contribution in [1.82, 2.24) is 9.80 Å². The third-order valence-electron chi connectivity index (χ3n) is 3.12. The minimum absolute atomic E-state index is 0.205. The van der Waals surface area contributed by atoms with E-state index in [1.54, 1.807) is 19.2 Å². The second-order valence-electron chi connectivity index (χ2n) is 4.74. The van der Waals surface area contributed by atoms with Crippen LogP contribution < -0.4 is 11.1 Å². The summed E-state index contributed by atoms with van der Waals surface area (Å²) in [5.41, 5.74) is 6.45. The molecule has 1 fully saturated rings. The zero-order chi connectivity index (χ0) is 15.6. The number of hydrogen-bond acceptors (Lipinski definition) is 4. The van der Waals surface area contributed by atoms with E-state index in [-0.39, 0.29) is 6.54 Å². The third-order valence-corrected chi connectivity index (χ3v) is 3.45. The van der Waals surface area contributed by atoms with Crippen LogP contribution in [-0.4, -0.2) is 54.2 Å². The van der Waals surface area contributed by atoms with E-state index in [1.807, 2.05) is 0 Å². The number of amides is 3. The normalized spacial score (nSPS) is 15.3. The first-order chi connectivity index (χ1) is 9.88. The number of nitrogens with two attached hydrogens (primary N) is 1. The van der Waals surface area contributed by atoms with Crippen molar-refractivity contribution in [2.45, 2.75) is 0 Å². The number of likely N-dealkylation sites (N-methyl/N-ethyl adjacent to an activating group) is 1. The number of halogens is 1. The topological polar surface area (TPSA) is 95.7 Å². The lowest BCUT2D eigenvalue weighted by atomic mass is 10.2. The Labute approximate surface area is 126 Å². The van der Waals surface area contributed by atoms with Gasteiger partial charge in [-0.25, -0.2) is 0 Å². The van der Waals surface area contributed by atoms with E-state index < -0.39 is 17.7 Å². The number of hydrogen-bond donors (Lipinski definition) is 2. The van der Waals surface area contributed by atoms with Gasteiger partial charge in [-0.05, 0) is 18.2 Å². The quantitative estimate of drug-likeness (QED) is 0.614. The van der Waals surface area contributed by atoms with Crippen LogP contribution in [0.1, 0.15) is 0 Å². The van der Waals surface area contributed by atoms with Gasteiger partial charge in [0.25, 0.3) is 0 Å². The number of nitrogens with zero attached hydrogens (tertiary/aromatic N) is 2. The molecule has 0 spiro atoms. The van der Waals surface area contributed by atoms with Crippen LogP contribution >= 0.6 is 11.6 Å². The van der Waals surface area contributed by atoms with Gasteiger partial charge in [-0.2, -0.15) is 0 Å². The van der Waals surface area contributed by atoms with E-state index in [1.165, 1.54) is 15.9 Å². The number of anilines is 2. The van der Waals surface area contributed by atoms with Crippen LogP contribution in [-0.2, 0) is 14.4 Å². The fourth-order valence-corrected chi connectivity index (χ4v) is 2.09. The summed E-state index contributed by atoms with van der Waals surface area (Å²) in [6, 6.07) is 4.70. The smallest absolute Gasteiger partial charge is 0.312 e. The lowest BCUT2D eigenvalue weighted by Gasteiger charge is -2.30. The number of nitrogens with one attached hydrogen (secondary N) is 1. The first kappa shape index (κ1) is 15.1. The van der Waals surface area contributed by atoms with Gasteiger partial charge in [-0.15, -0.1) is 0 Å². The maximum atomic E-state index is 11.9. The van der Waals surface area contributed by atoms with Crippen LogP contribution in [0.15, 0.2) is 18.2 Å². The molecular weight excluding hydrogens is 296 g/mol. The van der Waals surface area contributed by atoms with Gasteiger partial charge in [0.15, 0.2) is 0 Å². The Morgan fingerprint density at radius 1 is 1.33 bits per heavy atom. The van der Waals surface area contributed by atoms with Crippen LogP contribution in [0.5, 0.6) is 0 Å². The second-order valence-corrected chi connectivity index (χ2v) is 5.15. The Kier molecular flexibility index (Phi) is 4.32. The van der Waals surface area contributed by atoms with E-state index in [4.69, 9.17) is 17.3 Å². The lowest BCUT2D eigenvalue weighted by molar-refractivity contribution is -0.155. The van der Waals surface area contributed by atoms with Crippen molar-refractivity contribution in [3.05, 3.63) is 23.2 Å². The zero-order valence-corrected chi connectivity index (χ0v) is 12.2. The molecule has 0 atom stereocenters. The van der Waals surface area contributed by atoms with Crippen molar-refractivity contribution < 1.29 is 14.4 Å². The molecular formula is C13H15ClN4O3. The number of piperazine rings is 1. The SMILES string of the molecule is CN1CCN(CC(=O)Nc2cc(N)ccc2Cl)C(=O)C1=O. The number of carbonyl (C=O) groups is 3. The molecule has 0 saturated carbocycles. The fraction of sp³-hybridized carbons (Fsp3) is 0.308. The molecule has 0 radical (unpaired) electrons. The van der Waals surface area contributed by atoms with Crippen LogP contribution in [0.2, 0.25) is 5.02 Å². The van der Waals surface area contributed by atoms with Crippen molar-refractivity contribution in [3.8, 4) is 0 Å². The second kappa shape index (κ2) is 6.01. The average molecular weight is 311 g/mol. The molecule has 1 aliphatic heterocycles. The third kappa shape index (κ3) is 3.43. The molecule has 0 unspecified atom stereocenters. The highest BCUT2D eigenvalue weighted by Crippen LogP contribution is 2.24. The molecule has 1 aromatic carbocycles. The molecule has 8 heteroatoms. The van der Waals surface area contributed by atoms with Crippen LogP contribution in [0.3, 0.4) is 0 Å². The average Bonchev–Trinajstić information content (AvgIpc) is 2.43. The molecule has 2 rings (SSSR count). The molecule has 0 bridgehead atoms. The van der Waals surface area contributed by atoms with Crippen LogP contribution in [0, 0.1) is 0 Å². The first-order valence-corrected chi connectivity index (χ1v) is 6.65. The van der Waals surface area contributed by atoms with Gasteiger partial charge < -0.3 is 20.9 Å². The largest absolute Gasteiger partial charge is 0.399 e. The van der Waals surface area contributed by atoms with E-state index in [0.717, 1.165) is 0 Å². The van der Waals surface area contributed by atoms with Gasteiger partial charge in [-0.3, -0.25) is 14.4 Å². The Morgan fingerprint density at radius 3 is 2.76 bits per heavy atom. The highest BCUT2D eigenvalue weighted by Gasteiger charge is 2.31. The predicted octanol–water partition coefficient (Wildman–Crippen LogP) is 0.161. The Balaban J connectivity index is 2.00. The van der Waals surface area contributed by atoms with Gasteiger partial charge in [0, 0.05) is 25.8 Å². The van der Waals surface area contributed by atoms with Crippen LogP contribution in [0.25, 0.3) is 0 Å². The maximum absolute atomic E-state index is 11.9. The van der Waals surface area contributed by atoms with Crippen molar-refractivity contribution >= 4 is 40.7 Å². The molecule has 1 heterocycles. The Hall–Kier alpha value is -2.28. The summed E-state index contributed by atoms with van der Waals surface area (Å²) >= 11 is 5.94. The summed E-state index contributed by atoms with van der Waals surface area (Å²) in [5.74, 6) is -1.73. The van der Waals surface area contributed by atoms with Crippen molar-refractivity contribution in [3.63, 3.8) is 0 Å². The van der Waals surface area contributed by atoms with E-state index >= 15 is 0 Å². The van der Waals surface area contributed by atoms with Gasteiger partial charge in [0.2, 0.25) is 5.91 Å². The molecule has 0 aliphatic carbocycles. The minimum Gasteiger partial charge on any atom is -0.399 e. The molecule has 21 heavy (non-hydrogen) atoms. The fourth-order valence-electron chi connectivity index (χ4n) is 1.92. The van der Waals surface area contributed by atoms with Crippen LogP contribution in [0.4, 0.5) is 11.4 Å². The summed E-state index contributed by atoms with van der Waals surface area (Å²) < 4.78 is 0. The van der Waals surface area contributed by atoms with E-state index in [0.29, 0.717) is 29.5 Å². The number of benzene rings is 1. The monoisotopic (exact) mass is 310 g/mol. The summed E-state index contributed by atoms with van der Waals surface area (Å²) in [6.45, 7) is 0.513. The Bertz CT molecular complexity index is 605.